The molecule has 0 saturated carbocycles. The molecule has 1 unspecified atom stereocenters. The van der Waals surface area contributed by atoms with Crippen molar-refractivity contribution in [3.8, 4) is 0 Å². The van der Waals surface area contributed by atoms with Gasteiger partial charge in [-0.3, -0.25) is 4.68 Å². The monoisotopic (exact) mass is 263 g/mol. The molecule has 2 rings (SSSR count). The summed E-state index contributed by atoms with van der Waals surface area (Å²) in [6, 6.07) is 8.46. The fraction of sp³-hybridized carbons (Fsp3) is 0.429. The lowest BCUT2D eigenvalue weighted by atomic mass is 9.94. The molecule has 1 aromatic carbocycles. The predicted octanol–water partition coefficient (Wildman–Crippen LogP) is 2.76. The molecule has 3 nitrogen and oxygen atoms in total. The van der Waals surface area contributed by atoms with Gasteiger partial charge in [0.1, 0.15) is 0 Å². The highest BCUT2D eigenvalue weighted by Crippen LogP contribution is 2.17. The molecular weight excluding hydrogens is 246 g/mol. The summed E-state index contributed by atoms with van der Waals surface area (Å²) in [5.41, 5.74) is 3.70. The minimum atomic E-state index is 0.407. The van der Waals surface area contributed by atoms with E-state index in [1.807, 2.05) is 13.2 Å². The van der Waals surface area contributed by atoms with Gasteiger partial charge in [0.25, 0.3) is 0 Å². The lowest BCUT2D eigenvalue weighted by Crippen LogP contribution is -2.11. The molecule has 18 heavy (non-hydrogen) atoms. The molecule has 0 N–H and O–H groups in total. The zero-order valence-electron chi connectivity index (χ0n) is 10.8. The van der Waals surface area contributed by atoms with E-state index in [4.69, 9.17) is 11.6 Å². The Kier molecular flexibility index (Phi) is 4.37. The van der Waals surface area contributed by atoms with E-state index < -0.39 is 0 Å². The molecule has 0 amide bonds. The van der Waals surface area contributed by atoms with E-state index in [0.29, 0.717) is 11.8 Å². The van der Waals surface area contributed by atoms with Crippen LogP contribution in [0.2, 0.25) is 0 Å². The van der Waals surface area contributed by atoms with E-state index in [1.165, 1.54) is 11.1 Å². The Balaban J connectivity index is 2.04. The molecule has 4 heteroatoms. The second-order valence-corrected chi connectivity index (χ2v) is 5.05. The molecule has 0 aliphatic carbocycles. The van der Waals surface area contributed by atoms with E-state index in [9.17, 15) is 0 Å². The second kappa shape index (κ2) is 6.01. The number of nitrogens with zero attached hydrogens (tertiary/aromatic N) is 3. The second-order valence-electron chi connectivity index (χ2n) is 4.74. The van der Waals surface area contributed by atoms with Crippen LogP contribution in [0.15, 0.2) is 30.5 Å². The average Bonchev–Trinajstić information content (AvgIpc) is 2.76. The van der Waals surface area contributed by atoms with Crippen LogP contribution in [0, 0.1) is 12.8 Å². The van der Waals surface area contributed by atoms with Crippen LogP contribution in [-0.2, 0) is 19.9 Å². The van der Waals surface area contributed by atoms with Gasteiger partial charge in [0.15, 0.2) is 0 Å². The molecule has 1 heterocycles. The van der Waals surface area contributed by atoms with Gasteiger partial charge in [-0.15, -0.1) is 16.7 Å². The molecule has 0 spiro atoms. The minimum Gasteiger partial charge on any atom is -0.255 e. The quantitative estimate of drug-likeness (QED) is 0.777. The topological polar surface area (TPSA) is 30.7 Å². The van der Waals surface area contributed by atoms with Gasteiger partial charge in [0.05, 0.1) is 5.69 Å². The maximum atomic E-state index is 6.07. The van der Waals surface area contributed by atoms with Crippen LogP contribution in [0.4, 0.5) is 0 Å². The van der Waals surface area contributed by atoms with Crippen molar-refractivity contribution in [2.45, 2.75) is 19.8 Å². The Morgan fingerprint density at radius 1 is 1.28 bits per heavy atom. The molecule has 1 aromatic heterocycles. The molecular formula is C14H18ClN3. The van der Waals surface area contributed by atoms with Gasteiger partial charge in [-0.25, -0.2) is 0 Å². The molecule has 0 saturated heterocycles. The van der Waals surface area contributed by atoms with Crippen LogP contribution in [-0.4, -0.2) is 20.9 Å². The highest BCUT2D eigenvalue weighted by atomic mass is 35.5. The summed E-state index contributed by atoms with van der Waals surface area (Å²) in [7, 11) is 1.88. The van der Waals surface area contributed by atoms with Gasteiger partial charge in [-0.05, 0) is 36.8 Å². The smallest absolute Gasteiger partial charge is 0.0830 e. The Hall–Kier alpha value is -1.35. The third kappa shape index (κ3) is 3.33. The number of aromatic nitrogens is 3. The third-order valence-electron chi connectivity index (χ3n) is 3.14. The molecule has 0 aliphatic rings. The largest absolute Gasteiger partial charge is 0.255 e. The van der Waals surface area contributed by atoms with Crippen molar-refractivity contribution in [3.05, 3.63) is 47.3 Å². The molecule has 2 aromatic rings. The molecule has 1 atom stereocenters. The van der Waals surface area contributed by atoms with Gasteiger partial charge in [0, 0.05) is 19.1 Å². The van der Waals surface area contributed by atoms with Crippen LogP contribution in [0.25, 0.3) is 0 Å². The van der Waals surface area contributed by atoms with Crippen molar-refractivity contribution in [1.82, 2.24) is 15.0 Å². The van der Waals surface area contributed by atoms with Crippen molar-refractivity contribution < 1.29 is 0 Å². The normalized spacial score (nSPS) is 12.6. The highest BCUT2D eigenvalue weighted by Gasteiger charge is 2.12. The summed E-state index contributed by atoms with van der Waals surface area (Å²) < 4.78 is 1.73. The molecule has 0 aliphatic heterocycles. The summed E-state index contributed by atoms with van der Waals surface area (Å²) in [4.78, 5) is 0. The first-order valence-electron chi connectivity index (χ1n) is 6.14. The minimum absolute atomic E-state index is 0.407. The standard InChI is InChI=1S/C14H18ClN3/c1-11-5-3-4-6-13(11)7-12(9-15)8-14-10-18(2)17-16-14/h3-6,10,12H,7-9H2,1-2H3. The van der Waals surface area contributed by atoms with Gasteiger partial charge >= 0.3 is 0 Å². The summed E-state index contributed by atoms with van der Waals surface area (Å²) in [5, 5.41) is 8.07. The van der Waals surface area contributed by atoms with E-state index >= 15 is 0 Å². The van der Waals surface area contributed by atoms with Crippen LogP contribution in [0.1, 0.15) is 16.8 Å². The van der Waals surface area contributed by atoms with Gasteiger partial charge in [-0.1, -0.05) is 29.5 Å². The van der Waals surface area contributed by atoms with Crippen molar-refractivity contribution >= 4 is 11.6 Å². The van der Waals surface area contributed by atoms with Crippen LogP contribution in [0.5, 0.6) is 0 Å². The maximum absolute atomic E-state index is 6.07. The van der Waals surface area contributed by atoms with E-state index in [0.717, 1.165) is 18.5 Å². The Labute approximate surface area is 113 Å². The van der Waals surface area contributed by atoms with Gasteiger partial charge < -0.3 is 0 Å². The lowest BCUT2D eigenvalue weighted by Gasteiger charge is -2.13. The van der Waals surface area contributed by atoms with Crippen LogP contribution >= 0.6 is 11.6 Å². The summed E-state index contributed by atoms with van der Waals surface area (Å²) in [6.45, 7) is 2.14. The summed E-state index contributed by atoms with van der Waals surface area (Å²) in [6.07, 6.45) is 3.83. The first-order chi connectivity index (χ1) is 8.69. The SMILES string of the molecule is Cc1ccccc1CC(CCl)Cc1cn(C)nn1. The van der Waals surface area contributed by atoms with Crippen LogP contribution in [0.3, 0.4) is 0 Å². The zero-order chi connectivity index (χ0) is 13.0. The van der Waals surface area contributed by atoms with E-state index in [-0.39, 0.29) is 0 Å². The lowest BCUT2D eigenvalue weighted by molar-refractivity contribution is 0.573. The maximum Gasteiger partial charge on any atom is 0.0830 e. The molecule has 0 fully saturated rings. The Bertz CT molecular complexity index is 507. The van der Waals surface area contributed by atoms with E-state index in [1.54, 1.807) is 4.68 Å². The molecule has 96 valence electrons. The van der Waals surface area contributed by atoms with Crippen molar-refractivity contribution in [2.75, 3.05) is 5.88 Å². The summed E-state index contributed by atoms with van der Waals surface area (Å²) in [5.74, 6) is 1.05. The Morgan fingerprint density at radius 2 is 2.06 bits per heavy atom. The number of benzene rings is 1. The zero-order valence-corrected chi connectivity index (χ0v) is 11.6. The fourth-order valence-corrected chi connectivity index (χ4v) is 2.33. The number of hydrogen-bond donors (Lipinski definition) is 0. The molecule has 0 radical (unpaired) electrons. The van der Waals surface area contributed by atoms with Crippen molar-refractivity contribution in [3.63, 3.8) is 0 Å². The third-order valence-corrected chi connectivity index (χ3v) is 3.57. The number of aryl methyl sites for hydroxylation is 2. The number of rotatable bonds is 5. The first kappa shape index (κ1) is 13.1. The average molecular weight is 264 g/mol. The highest BCUT2D eigenvalue weighted by molar-refractivity contribution is 6.18. The fourth-order valence-electron chi connectivity index (χ4n) is 2.12. The Morgan fingerprint density at radius 3 is 2.67 bits per heavy atom. The van der Waals surface area contributed by atoms with Gasteiger partial charge in [-0.2, -0.15) is 0 Å². The number of alkyl halides is 1. The molecule has 0 bridgehead atoms. The van der Waals surface area contributed by atoms with Gasteiger partial charge in [0.2, 0.25) is 0 Å². The predicted molar refractivity (Wildman–Crippen MR) is 73.8 cm³/mol. The number of halogens is 1. The number of hydrogen-bond acceptors (Lipinski definition) is 2. The van der Waals surface area contributed by atoms with Crippen molar-refractivity contribution in [1.29, 1.82) is 0 Å². The first-order valence-corrected chi connectivity index (χ1v) is 6.68. The van der Waals surface area contributed by atoms with E-state index in [2.05, 4.69) is 41.5 Å². The van der Waals surface area contributed by atoms with Crippen LogP contribution < -0.4 is 0 Å². The van der Waals surface area contributed by atoms with Crippen molar-refractivity contribution in [2.24, 2.45) is 13.0 Å². The summed E-state index contributed by atoms with van der Waals surface area (Å²) >= 11 is 6.07.